The van der Waals surface area contributed by atoms with Crippen LogP contribution in [0.2, 0.25) is 5.02 Å². The molecule has 1 nitrogen and oxygen atoms in total. The summed E-state index contributed by atoms with van der Waals surface area (Å²) in [7, 11) is 1.93. The fourth-order valence-corrected chi connectivity index (χ4v) is 2.09. The molecule has 0 aliphatic heterocycles. The molecule has 0 saturated heterocycles. The summed E-state index contributed by atoms with van der Waals surface area (Å²) in [5.74, 6) is 0.268. The van der Waals surface area contributed by atoms with Crippen molar-refractivity contribution in [3.8, 4) is 0 Å². The van der Waals surface area contributed by atoms with Crippen LogP contribution >= 0.6 is 11.6 Å². The average Bonchev–Trinajstić information content (AvgIpc) is 2.29. The van der Waals surface area contributed by atoms with Crippen LogP contribution in [-0.4, -0.2) is 13.1 Å². The predicted octanol–water partition coefficient (Wildman–Crippen LogP) is 3.66. The van der Waals surface area contributed by atoms with Gasteiger partial charge in [-0.15, -0.1) is 0 Å². The summed E-state index contributed by atoms with van der Waals surface area (Å²) in [4.78, 5) is 0. The largest absolute Gasteiger partial charge is 0.317 e. The van der Waals surface area contributed by atoms with E-state index in [1.807, 2.05) is 7.05 Å². The Hall–Kier alpha value is -0.600. The van der Waals surface area contributed by atoms with Gasteiger partial charge in [-0.2, -0.15) is 0 Å². The second kappa shape index (κ2) is 6.21. The molecular formula is C13H19ClFN. The summed E-state index contributed by atoms with van der Waals surface area (Å²) in [6, 6.07) is 5.13. The van der Waals surface area contributed by atoms with Crippen LogP contribution in [0.5, 0.6) is 0 Å². The van der Waals surface area contributed by atoms with Gasteiger partial charge in [-0.05, 0) is 50.1 Å². The van der Waals surface area contributed by atoms with E-state index in [1.54, 1.807) is 12.1 Å². The molecule has 1 aromatic rings. The Balaban J connectivity index is 2.81. The summed E-state index contributed by atoms with van der Waals surface area (Å²) >= 11 is 5.87. The lowest BCUT2D eigenvalue weighted by atomic mass is 9.91. The third kappa shape index (κ3) is 3.46. The average molecular weight is 244 g/mol. The zero-order valence-electron chi connectivity index (χ0n) is 10.1. The first-order valence-electron chi connectivity index (χ1n) is 5.69. The maximum absolute atomic E-state index is 13.6. The highest BCUT2D eigenvalue weighted by atomic mass is 35.5. The van der Waals surface area contributed by atoms with Crippen molar-refractivity contribution in [3.63, 3.8) is 0 Å². The van der Waals surface area contributed by atoms with Crippen molar-refractivity contribution in [3.05, 3.63) is 34.6 Å². The normalized spacial score (nSPS) is 14.8. The Bertz CT molecular complexity index is 341. The van der Waals surface area contributed by atoms with E-state index in [9.17, 15) is 4.39 Å². The van der Waals surface area contributed by atoms with Crippen molar-refractivity contribution in [1.29, 1.82) is 0 Å². The lowest BCUT2D eigenvalue weighted by Crippen LogP contribution is -2.31. The molecule has 90 valence electrons. The lowest BCUT2D eigenvalue weighted by Gasteiger charge is -2.22. The Labute approximate surface area is 102 Å². The SMILES string of the molecule is CCC(Cc1cc(Cl)ccc1F)C(C)NC. The minimum absolute atomic E-state index is 0.161. The van der Waals surface area contributed by atoms with Gasteiger partial charge in [0, 0.05) is 11.1 Å². The number of benzene rings is 1. The molecular weight excluding hydrogens is 225 g/mol. The summed E-state index contributed by atoms with van der Waals surface area (Å²) in [6.07, 6.45) is 1.75. The highest BCUT2D eigenvalue weighted by molar-refractivity contribution is 6.30. The van der Waals surface area contributed by atoms with Gasteiger partial charge in [0.05, 0.1) is 0 Å². The van der Waals surface area contributed by atoms with Crippen LogP contribution in [0.25, 0.3) is 0 Å². The van der Waals surface area contributed by atoms with Gasteiger partial charge in [0.25, 0.3) is 0 Å². The molecule has 3 heteroatoms. The van der Waals surface area contributed by atoms with Crippen molar-refractivity contribution >= 4 is 11.6 Å². The first-order valence-corrected chi connectivity index (χ1v) is 6.07. The van der Waals surface area contributed by atoms with Gasteiger partial charge in [-0.3, -0.25) is 0 Å². The number of rotatable bonds is 5. The molecule has 1 rings (SSSR count). The van der Waals surface area contributed by atoms with Crippen molar-refractivity contribution in [2.75, 3.05) is 7.05 Å². The van der Waals surface area contributed by atoms with E-state index < -0.39 is 0 Å². The molecule has 0 spiro atoms. The number of hydrogen-bond donors (Lipinski definition) is 1. The van der Waals surface area contributed by atoms with Gasteiger partial charge in [0.15, 0.2) is 0 Å². The molecule has 16 heavy (non-hydrogen) atoms. The molecule has 2 atom stereocenters. The van der Waals surface area contributed by atoms with Crippen LogP contribution in [0, 0.1) is 11.7 Å². The van der Waals surface area contributed by atoms with E-state index >= 15 is 0 Å². The quantitative estimate of drug-likeness (QED) is 0.832. The van der Waals surface area contributed by atoms with Gasteiger partial charge in [-0.1, -0.05) is 24.9 Å². The van der Waals surface area contributed by atoms with E-state index in [2.05, 4.69) is 19.2 Å². The van der Waals surface area contributed by atoms with Crippen molar-refractivity contribution < 1.29 is 4.39 Å². The van der Waals surface area contributed by atoms with Crippen LogP contribution in [0.1, 0.15) is 25.8 Å². The lowest BCUT2D eigenvalue weighted by molar-refractivity contribution is 0.376. The highest BCUT2D eigenvalue weighted by Crippen LogP contribution is 2.21. The summed E-state index contributed by atoms with van der Waals surface area (Å²) in [5.41, 5.74) is 0.710. The monoisotopic (exact) mass is 243 g/mol. The van der Waals surface area contributed by atoms with Gasteiger partial charge in [0.2, 0.25) is 0 Å². The van der Waals surface area contributed by atoms with Crippen LogP contribution in [0.3, 0.4) is 0 Å². The fourth-order valence-electron chi connectivity index (χ4n) is 1.89. The Kier molecular flexibility index (Phi) is 5.23. The third-order valence-corrected chi connectivity index (χ3v) is 3.41. The molecule has 1 aromatic carbocycles. The van der Waals surface area contributed by atoms with Gasteiger partial charge in [-0.25, -0.2) is 4.39 Å². The number of halogens is 2. The molecule has 0 fully saturated rings. The third-order valence-electron chi connectivity index (χ3n) is 3.18. The summed E-state index contributed by atoms with van der Waals surface area (Å²) < 4.78 is 13.6. The van der Waals surface area contributed by atoms with E-state index in [-0.39, 0.29) is 5.82 Å². The summed E-state index contributed by atoms with van der Waals surface area (Å²) in [6.45, 7) is 4.25. The van der Waals surface area contributed by atoms with Crippen LogP contribution in [0.4, 0.5) is 4.39 Å². The predicted molar refractivity (Wildman–Crippen MR) is 67.4 cm³/mol. The second-order valence-electron chi connectivity index (χ2n) is 4.19. The summed E-state index contributed by atoms with van der Waals surface area (Å²) in [5, 5.41) is 3.82. The smallest absolute Gasteiger partial charge is 0.126 e. The van der Waals surface area contributed by atoms with Crippen molar-refractivity contribution in [2.24, 2.45) is 5.92 Å². The van der Waals surface area contributed by atoms with Crippen molar-refractivity contribution in [2.45, 2.75) is 32.7 Å². The first kappa shape index (κ1) is 13.5. The first-order chi connectivity index (χ1) is 7.58. The maximum atomic E-state index is 13.6. The number of nitrogens with one attached hydrogen (secondary N) is 1. The van der Waals surface area contributed by atoms with Crippen LogP contribution in [0.15, 0.2) is 18.2 Å². The van der Waals surface area contributed by atoms with Gasteiger partial charge < -0.3 is 5.32 Å². The van der Waals surface area contributed by atoms with Crippen LogP contribution in [-0.2, 0) is 6.42 Å². The Morgan fingerprint density at radius 1 is 1.44 bits per heavy atom. The number of hydrogen-bond acceptors (Lipinski definition) is 1. The molecule has 0 saturated carbocycles. The fraction of sp³-hybridized carbons (Fsp3) is 0.538. The van der Waals surface area contributed by atoms with E-state index in [0.29, 0.717) is 22.5 Å². The second-order valence-corrected chi connectivity index (χ2v) is 4.62. The van der Waals surface area contributed by atoms with Crippen molar-refractivity contribution in [1.82, 2.24) is 5.32 Å². The molecule has 0 heterocycles. The molecule has 1 N–H and O–H groups in total. The highest BCUT2D eigenvalue weighted by Gasteiger charge is 2.16. The van der Waals surface area contributed by atoms with Crippen LogP contribution < -0.4 is 5.32 Å². The topological polar surface area (TPSA) is 12.0 Å². The molecule has 0 aliphatic rings. The minimum atomic E-state index is -0.161. The maximum Gasteiger partial charge on any atom is 0.126 e. The van der Waals surface area contributed by atoms with Gasteiger partial charge >= 0.3 is 0 Å². The van der Waals surface area contributed by atoms with E-state index in [1.165, 1.54) is 6.07 Å². The minimum Gasteiger partial charge on any atom is -0.317 e. The zero-order chi connectivity index (χ0) is 12.1. The molecule has 0 aromatic heterocycles. The van der Waals surface area contributed by atoms with E-state index in [0.717, 1.165) is 12.8 Å². The van der Waals surface area contributed by atoms with E-state index in [4.69, 9.17) is 11.6 Å². The zero-order valence-corrected chi connectivity index (χ0v) is 10.8. The standard InChI is InChI=1S/C13H19ClFN/c1-4-10(9(2)16-3)7-11-8-12(14)5-6-13(11)15/h5-6,8-10,16H,4,7H2,1-3H3. The Morgan fingerprint density at radius 3 is 2.69 bits per heavy atom. The molecule has 0 aliphatic carbocycles. The molecule has 0 bridgehead atoms. The van der Waals surface area contributed by atoms with Gasteiger partial charge in [0.1, 0.15) is 5.82 Å². The Morgan fingerprint density at radius 2 is 2.12 bits per heavy atom. The molecule has 0 radical (unpaired) electrons. The molecule has 0 amide bonds. The molecule has 2 unspecified atom stereocenters.